The van der Waals surface area contributed by atoms with Crippen molar-refractivity contribution in [1.82, 2.24) is 4.53 Å². The highest BCUT2D eigenvalue weighted by molar-refractivity contribution is 7.89. The molecule has 0 radical (unpaired) electrons. The lowest BCUT2D eigenvalue weighted by Gasteiger charge is -2.12. The zero-order chi connectivity index (χ0) is 13.6. The molecular weight excluding hydrogens is 255 g/mol. The zero-order valence-corrected chi connectivity index (χ0v) is 11.0. The molecule has 98 valence electrons. The highest BCUT2D eigenvalue weighted by Gasteiger charge is 2.23. The van der Waals surface area contributed by atoms with E-state index in [1.54, 1.807) is 0 Å². The van der Waals surface area contributed by atoms with Gasteiger partial charge < -0.3 is 0 Å². The molecule has 1 aromatic carbocycles. The molecule has 1 aromatic rings. The van der Waals surface area contributed by atoms with E-state index in [2.05, 4.69) is 0 Å². The lowest BCUT2D eigenvalue weighted by Crippen LogP contribution is -2.24. The zero-order valence-electron chi connectivity index (χ0n) is 10.1. The lowest BCUT2D eigenvalue weighted by atomic mass is 10.2. The molecule has 0 fully saturated rings. The lowest BCUT2D eigenvalue weighted by molar-refractivity contribution is 0.136. The summed E-state index contributed by atoms with van der Waals surface area (Å²) in [5.41, 5.74) is 0.338. The third-order valence-electron chi connectivity index (χ3n) is 2.48. The van der Waals surface area contributed by atoms with Crippen LogP contribution in [-0.2, 0) is 10.0 Å². The predicted molar refractivity (Wildman–Crippen MR) is 65.7 cm³/mol. The topological polar surface area (TPSA) is 61.2 Å². The molecule has 18 heavy (non-hydrogen) atoms. The van der Waals surface area contributed by atoms with Gasteiger partial charge in [0.15, 0.2) is 0 Å². The molecule has 0 aromatic heterocycles. The van der Waals surface area contributed by atoms with Crippen molar-refractivity contribution in [1.29, 1.82) is 5.26 Å². The average molecular weight is 270 g/mol. The van der Waals surface area contributed by atoms with E-state index in [0.29, 0.717) is 12.0 Å². The molecule has 0 spiro atoms. The Hall–Kier alpha value is -1.45. The van der Waals surface area contributed by atoms with Gasteiger partial charge >= 0.3 is 0 Å². The molecule has 0 aliphatic rings. The van der Waals surface area contributed by atoms with Crippen LogP contribution >= 0.6 is 0 Å². The molecular formula is C12H15FN2O2S. The van der Waals surface area contributed by atoms with Crippen molar-refractivity contribution in [3.05, 3.63) is 29.8 Å². The van der Waals surface area contributed by atoms with E-state index >= 15 is 0 Å². The van der Waals surface area contributed by atoms with Gasteiger partial charge in [0.25, 0.3) is 10.0 Å². The number of rotatable bonds is 6. The monoisotopic (exact) mass is 270 g/mol. The van der Waals surface area contributed by atoms with Crippen LogP contribution in [0.2, 0.25) is 0 Å². The van der Waals surface area contributed by atoms with E-state index in [1.165, 1.54) is 24.3 Å². The van der Waals surface area contributed by atoms with Gasteiger partial charge in [-0.05, 0) is 35.2 Å². The molecule has 0 bridgehead atoms. The van der Waals surface area contributed by atoms with Crippen LogP contribution in [-0.4, -0.2) is 19.5 Å². The summed E-state index contributed by atoms with van der Waals surface area (Å²) in [6.07, 6.45) is 2.16. The molecule has 0 aliphatic carbocycles. The normalized spacial score (nSPS) is 11.4. The SMILES string of the molecule is CCCCCN(F)S(=O)(=O)c1ccc(C#N)cc1. The van der Waals surface area contributed by atoms with E-state index in [4.69, 9.17) is 5.26 Å². The largest absolute Gasteiger partial charge is 0.269 e. The standard InChI is InChI=1S/C12H15FN2O2S/c1-2-3-4-9-15(13)18(16,17)12-7-5-11(10-14)6-8-12/h5-8H,2-4,9H2,1H3. The number of unbranched alkanes of at least 4 members (excludes halogenated alkanes) is 2. The first kappa shape index (κ1) is 14.6. The Morgan fingerprint density at radius 3 is 2.39 bits per heavy atom. The predicted octanol–water partition coefficient (Wildman–Crippen LogP) is 2.62. The maximum atomic E-state index is 13.6. The van der Waals surface area contributed by atoms with E-state index in [9.17, 15) is 12.9 Å². The quantitative estimate of drug-likeness (QED) is 0.589. The average Bonchev–Trinajstić information content (AvgIpc) is 2.39. The van der Waals surface area contributed by atoms with Gasteiger partial charge in [0.1, 0.15) is 0 Å². The minimum absolute atomic E-state index is 0.135. The van der Waals surface area contributed by atoms with Gasteiger partial charge in [0.2, 0.25) is 0 Å². The molecule has 1 rings (SSSR count). The van der Waals surface area contributed by atoms with Crippen molar-refractivity contribution in [3.63, 3.8) is 0 Å². The van der Waals surface area contributed by atoms with Crippen LogP contribution < -0.4 is 0 Å². The Bertz CT molecular complexity index is 520. The molecule has 0 unspecified atom stereocenters. The summed E-state index contributed by atoms with van der Waals surface area (Å²) in [5, 5.41) is 8.60. The molecule has 0 N–H and O–H groups in total. The smallest absolute Gasteiger partial charge is 0.205 e. The van der Waals surface area contributed by atoms with Gasteiger partial charge in [-0.1, -0.05) is 19.8 Å². The van der Waals surface area contributed by atoms with Crippen LogP contribution in [0.4, 0.5) is 4.48 Å². The van der Waals surface area contributed by atoms with E-state index in [-0.39, 0.29) is 16.0 Å². The van der Waals surface area contributed by atoms with Crippen LogP contribution in [0.5, 0.6) is 0 Å². The maximum absolute atomic E-state index is 13.6. The Morgan fingerprint density at radius 2 is 1.89 bits per heavy atom. The van der Waals surface area contributed by atoms with Gasteiger partial charge in [-0.2, -0.15) is 5.26 Å². The van der Waals surface area contributed by atoms with Gasteiger partial charge in [0, 0.05) is 6.54 Å². The van der Waals surface area contributed by atoms with Gasteiger partial charge in [-0.25, -0.2) is 8.42 Å². The van der Waals surface area contributed by atoms with Crippen molar-refractivity contribution in [2.75, 3.05) is 6.54 Å². The second kappa shape index (κ2) is 6.47. The maximum Gasteiger partial charge on any atom is 0.269 e. The Morgan fingerprint density at radius 1 is 1.28 bits per heavy atom. The number of halogens is 1. The van der Waals surface area contributed by atoms with Crippen LogP contribution in [0.15, 0.2) is 29.2 Å². The van der Waals surface area contributed by atoms with E-state index < -0.39 is 10.0 Å². The number of hydrogen-bond acceptors (Lipinski definition) is 3. The Balaban J connectivity index is 2.81. The summed E-state index contributed by atoms with van der Waals surface area (Å²) < 4.78 is 37.0. The van der Waals surface area contributed by atoms with Crippen LogP contribution in [0.25, 0.3) is 0 Å². The fraction of sp³-hybridized carbons (Fsp3) is 0.417. The van der Waals surface area contributed by atoms with Crippen molar-refractivity contribution in [2.24, 2.45) is 0 Å². The van der Waals surface area contributed by atoms with Crippen LogP contribution in [0.3, 0.4) is 0 Å². The van der Waals surface area contributed by atoms with E-state index in [1.807, 2.05) is 13.0 Å². The fourth-order valence-corrected chi connectivity index (χ4v) is 2.50. The van der Waals surface area contributed by atoms with Crippen LogP contribution in [0, 0.1) is 11.3 Å². The van der Waals surface area contributed by atoms with Crippen molar-refractivity contribution in [2.45, 2.75) is 31.1 Å². The third kappa shape index (κ3) is 3.52. The summed E-state index contributed by atoms with van der Waals surface area (Å²) in [7, 11) is -4.09. The fourth-order valence-electron chi connectivity index (χ4n) is 1.42. The van der Waals surface area contributed by atoms with Gasteiger partial charge in [0.05, 0.1) is 16.5 Å². The third-order valence-corrected chi connectivity index (χ3v) is 4.05. The molecule has 0 amide bonds. The second-order valence-corrected chi connectivity index (χ2v) is 5.68. The summed E-state index contributed by atoms with van der Waals surface area (Å²) >= 11 is 0. The molecule has 0 saturated heterocycles. The number of nitrogens with zero attached hydrogens (tertiary/aromatic N) is 2. The number of benzene rings is 1. The minimum atomic E-state index is -4.09. The van der Waals surface area contributed by atoms with Gasteiger partial charge in [-0.3, -0.25) is 0 Å². The number of sulfonamides is 1. The summed E-state index contributed by atoms with van der Waals surface area (Å²) in [5.74, 6) is 0. The molecule has 6 heteroatoms. The van der Waals surface area contributed by atoms with Crippen molar-refractivity contribution in [3.8, 4) is 6.07 Å². The first-order valence-corrected chi connectivity index (χ1v) is 7.15. The highest BCUT2D eigenvalue weighted by atomic mass is 32.2. The first-order valence-electron chi connectivity index (χ1n) is 5.71. The molecule has 0 atom stereocenters. The highest BCUT2D eigenvalue weighted by Crippen LogP contribution is 2.17. The second-order valence-electron chi connectivity index (χ2n) is 3.86. The number of nitriles is 1. The molecule has 0 heterocycles. The molecule has 0 aliphatic heterocycles. The van der Waals surface area contributed by atoms with Crippen LogP contribution in [0.1, 0.15) is 31.7 Å². The molecule has 4 nitrogen and oxygen atoms in total. The summed E-state index contributed by atoms with van der Waals surface area (Å²) in [6.45, 7) is 1.81. The molecule has 0 saturated carbocycles. The number of hydrogen-bond donors (Lipinski definition) is 0. The van der Waals surface area contributed by atoms with Gasteiger partial charge in [-0.15, -0.1) is 4.48 Å². The minimum Gasteiger partial charge on any atom is -0.205 e. The van der Waals surface area contributed by atoms with E-state index in [0.717, 1.165) is 12.8 Å². The van der Waals surface area contributed by atoms with Crippen molar-refractivity contribution >= 4 is 10.0 Å². The van der Waals surface area contributed by atoms with Crippen molar-refractivity contribution < 1.29 is 12.9 Å². The summed E-state index contributed by atoms with van der Waals surface area (Å²) in [4.78, 5) is -0.138. The first-order chi connectivity index (χ1) is 8.52. The Kier molecular flexibility index (Phi) is 5.25. The Labute approximate surface area is 107 Å². The summed E-state index contributed by atoms with van der Waals surface area (Å²) in [6, 6.07) is 7.06.